The van der Waals surface area contributed by atoms with E-state index in [1.165, 1.54) is 70.6 Å². The van der Waals surface area contributed by atoms with Crippen molar-refractivity contribution in [3.63, 3.8) is 0 Å². The summed E-state index contributed by atoms with van der Waals surface area (Å²) in [5.74, 6) is 0. The molecule has 1 aliphatic rings. The predicted octanol–water partition coefficient (Wildman–Crippen LogP) is 5.45. The van der Waals surface area contributed by atoms with Gasteiger partial charge in [-0.1, -0.05) is 58.3 Å². The van der Waals surface area contributed by atoms with Gasteiger partial charge in [-0.05, 0) is 32.6 Å². The minimum Gasteiger partial charge on any atom is -0.353 e. The Morgan fingerprint density at radius 2 is 1.68 bits per heavy atom. The van der Waals surface area contributed by atoms with E-state index in [4.69, 9.17) is 9.47 Å². The van der Waals surface area contributed by atoms with Gasteiger partial charge in [-0.25, -0.2) is 0 Å². The second kappa shape index (κ2) is 11.7. The van der Waals surface area contributed by atoms with Gasteiger partial charge in [0.2, 0.25) is 0 Å². The summed E-state index contributed by atoms with van der Waals surface area (Å²) in [4.78, 5) is 0. The van der Waals surface area contributed by atoms with E-state index in [2.05, 4.69) is 13.8 Å². The van der Waals surface area contributed by atoms with Crippen LogP contribution < -0.4 is 0 Å². The first-order valence-electron chi connectivity index (χ1n) is 8.60. The Balaban J connectivity index is 1.85. The highest BCUT2D eigenvalue weighted by Gasteiger charge is 2.16. The molecule has 1 heterocycles. The molecule has 19 heavy (non-hydrogen) atoms. The van der Waals surface area contributed by atoms with Crippen LogP contribution in [0.2, 0.25) is 0 Å². The highest BCUT2D eigenvalue weighted by Crippen LogP contribution is 2.18. The minimum absolute atomic E-state index is 0.0813. The van der Waals surface area contributed by atoms with Crippen molar-refractivity contribution in [2.45, 2.75) is 103 Å². The largest absolute Gasteiger partial charge is 0.353 e. The summed E-state index contributed by atoms with van der Waals surface area (Å²) in [6.45, 7) is 5.35. The maximum atomic E-state index is 5.93. The molecule has 0 spiro atoms. The van der Waals surface area contributed by atoms with Gasteiger partial charge in [0.25, 0.3) is 0 Å². The maximum Gasteiger partial charge on any atom is 0.157 e. The van der Waals surface area contributed by atoms with Gasteiger partial charge in [-0.3, -0.25) is 0 Å². The molecule has 2 nitrogen and oxygen atoms in total. The van der Waals surface area contributed by atoms with Gasteiger partial charge in [0, 0.05) is 6.61 Å². The van der Waals surface area contributed by atoms with Crippen molar-refractivity contribution in [2.75, 3.05) is 6.61 Å². The molecule has 0 bridgehead atoms. The molecular weight excluding hydrogens is 236 g/mol. The number of ether oxygens (including phenoxy) is 2. The van der Waals surface area contributed by atoms with Crippen LogP contribution in [-0.2, 0) is 9.47 Å². The van der Waals surface area contributed by atoms with Crippen molar-refractivity contribution in [1.82, 2.24) is 0 Å². The fraction of sp³-hybridized carbons (Fsp3) is 1.00. The van der Waals surface area contributed by atoms with Gasteiger partial charge >= 0.3 is 0 Å². The zero-order chi connectivity index (χ0) is 13.8. The molecule has 0 aromatic carbocycles. The Labute approximate surface area is 120 Å². The number of rotatable bonds is 11. The molecule has 2 atom stereocenters. The van der Waals surface area contributed by atoms with Gasteiger partial charge < -0.3 is 9.47 Å². The fourth-order valence-corrected chi connectivity index (χ4v) is 2.71. The number of unbranched alkanes of at least 4 members (excludes halogenated alkanes) is 7. The molecule has 1 rings (SSSR count). The third-order valence-electron chi connectivity index (χ3n) is 3.99. The standard InChI is InChI=1S/C17H34O2/c1-3-4-5-6-7-8-9-10-13-16(2)19-17-14-11-12-15-18-17/h16-17H,3-15H2,1-2H3. The Morgan fingerprint density at radius 3 is 2.32 bits per heavy atom. The van der Waals surface area contributed by atoms with E-state index < -0.39 is 0 Å². The van der Waals surface area contributed by atoms with Crippen molar-refractivity contribution in [2.24, 2.45) is 0 Å². The number of hydrogen-bond donors (Lipinski definition) is 0. The van der Waals surface area contributed by atoms with E-state index in [1.807, 2.05) is 0 Å². The van der Waals surface area contributed by atoms with Gasteiger partial charge in [0.15, 0.2) is 6.29 Å². The first-order valence-corrected chi connectivity index (χ1v) is 8.60. The van der Waals surface area contributed by atoms with Crippen LogP contribution in [0.4, 0.5) is 0 Å². The number of hydrogen-bond acceptors (Lipinski definition) is 2. The zero-order valence-electron chi connectivity index (χ0n) is 13.2. The summed E-state index contributed by atoms with van der Waals surface area (Å²) in [6.07, 6.45) is 16.3. The molecular formula is C17H34O2. The van der Waals surface area contributed by atoms with Crippen molar-refractivity contribution in [3.8, 4) is 0 Å². The third-order valence-corrected chi connectivity index (χ3v) is 3.99. The van der Waals surface area contributed by atoms with Crippen LogP contribution in [0.15, 0.2) is 0 Å². The molecule has 0 radical (unpaired) electrons. The lowest BCUT2D eigenvalue weighted by atomic mass is 10.1. The fourth-order valence-electron chi connectivity index (χ4n) is 2.71. The first kappa shape index (κ1) is 17.0. The molecule has 2 heteroatoms. The van der Waals surface area contributed by atoms with Crippen molar-refractivity contribution in [1.29, 1.82) is 0 Å². The second-order valence-electron chi connectivity index (χ2n) is 6.01. The summed E-state index contributed by atoms with van der Waals surface area (Å²) in [7, 11) is 0. The van der Waals surface area contributed by atoms with E-state index in [0.717, 1.165) is 13.0 Å². The topological polar surface area (TPSA) is 18.5 Å². The highest BCUT2D eigenvalue weighted by atomic mass is 16.7. The Hall–Kier alpha value is -0.0800. The van der Waals surface area contributed by atoms with Gasteiger partial charge in [-0.2, -0.15) is 0 Å². The molecule has 0 aromatic heterocycles. The molecule has 0 aliphatic carbocycles. The van der Waals surface area contributed by atoms with Crippen LogP contribution in [0.3, 0.4) is 0 Å². The van der Waals surface area contributed by atoms with Crippen molar-refractivity contribution < 1.29 is 9.47 Å². The van der Waals surface area contributed by atoms with Crippen LogP contribution in [0.25, 0.3) is 0 Å². The first-order chi connectivity index (χ1) is 9.33. The lowest BCUT2D eigenvalue weighted by Crippen LogP contribution is -2.26. The van der Waals surface area contributed by atoms with Crippen LogP contribution >= 0.6 is 0 Å². The summed E-state index contributed by atoms with van der Waals surface area (Å²) in [6, 6.07) is 0. The van der Waals surface area contributed by atoms with E-state index in [1.54, 1.807) is 0 Å². The van der Waals surface area contributed by atoms with Gasteiger partial charge in [-0.15, -0.1) is 0 Å². The molecule has 1 fully saturated rings. The van der Waals surface area contributed by atoms with Gasteiger partial charge in [0.05, 0.1) is 6.10 Å². The zero-order valence-corrected chi connectivity index (χ0v) is 13.2. The molecule has 0 amide bonds. The van der Waals surface area contributed by atoms with Crippen LogP contribution in [0.1, 0.15) is 90.9 Å². The van der Waals surface area contributed by atoms with Crippen LogP contribution in [0.5, 0.6) is 0 Å². The van der Waals surface area contributed by atoms with Gasteiger partial charge in [0.1, 0.15) is 0 Å². The van der Waals surface area contributed by atoms with E-state index in [-0.39, 0.29) is 6.29 Å². The van der Waals surface area contributed by atoms with E-state index in [0.29, 0.717) is 6.10 Å². The van der Waals surface area contributed by atoms with Crippen molar-refractivity contribution >= 4 is 0 Å². The second-order valence-corrected chi connectivity index (χ2v) is 6.01. The lowest BCUT2D eigenvalue weighted by Gasteiger charge is -2.26. The van der Waals surface area contributed by atoms with E-state index in [9.17, 15) is 0 Å². The van der Waals surface area contributed by atoms with Crippen LogP contribution in [0, 0.1) is 0 Å². The lowest BCUT2D eigenvalue weighted by molar-refractivity contribution is -0.185. The molecule has 2 unspecified atom stereocenters. The molecule has 1 saturated heterocycles. The molecule has 0 saturated carbocycles. The molecule has 0 N–H and O–H groups in total. The molecule has 114 valence electrons. The predicted molar refractivity (Wildman–Crippen MR) is 81.4 cm³/mol. The SMILES string of the molecule is CCCCCCCCCCC(C)OC1CCCCO1. The smallest absolute Gasteiger partial charge is 0.157 e. The minimum atomic E-state index is 0.0813. The van der Waals surface area contributed by atoms with E-state index >= 15 is 0 Å². The molecule has 1 aliphatic heterocycles. The Morgan fingerprint density at radius 1 is 1.00 bits per heavy atom. The monoisotopic (exact) mass is 270 g/mol. The molecule has 0 aromatic rings. The highest BCUT2D eigenvalue weighted by molar-refractivity contribution is 4.58. The summed E-state index contributed by atoms with van der Waals surface area (Å²) >= 11 is 0. The summed E-state index contributed by atoms with van der Waals surface area (Å²) < 4.78 is 11.5. The summed E-state index contributed by atoms with van der Waals surface area (Å²) in [5.41, 5.74) is 0. The van der Waals surface area contributed by atoms with Crippen molar-refractivity contribution in [3.05, 3.63) is 0 Å². The normalized spacial score (nSPS) is 21.5. The van der Waals surface area contributed by atoms with Crippen LogP contribution in [-0.4, -0.2) is 19.0 Å². The summed E-state index contributed by atoms with van der Waals surface area (Å²) in [5, 5.41) is 0. The quantitative estimate of drug-likeness (QED) is 0.465. The Bertz CT molecular complexity index is 188. The Kier molecular flexibility index (Phi) is 10.5. The average Bonchev–Trinajstić information content (AvgIpc) is 2.43. The average molecular weight is 270 g/mol. The maximum absolute atomic E-state index is 5.93. The third kappa shape index (κ3) is 9.45.